The van der Waals surface area contributed by atoms with E-state index in [1.54, 1.807) is 0 Å². The maximum atomic E-state index is 10.1. The van der Waals surface area contributed by atoms with Crippen LogP contribution in [0.4, 0.5) is 0 Å². The number of hydrogen-bond donors (Lipinski definition) is 1. The minimum absolute atomic E-state index is 0.321. The summed E-state index contributed by atoms with van der Waals surface area (Å²) >= 11 is 0. The highest BCUT2D eigenvalue weighted by Gasteiger charge is 2.37. The quantitative estimate of drug-likeness (QED) is 0.777. The molecule has 0 aromatic rings. The summed E-state index contributed by atoms with van der Waals surface area (Å²) in [6.07, 6.45) is 7.54. The molecule has 0 aromatic carbocycles. The third-order valence-corrected chi connectivity index (χ3v) is 4.80. The lowest BCUT2D eigenvalue weighted by Gasteiger charge is -2.46. The highest BCUT2D eigenvalue weighted by molar-refractivity contribution is 4.92. The van der Waals surface area contributed by atoms with Gasteiger partial charge in [0.1, 0.15) is 0 Å². The Morgan fingerprint density at radius 1 is 1.00 bits per heavy atom. The van der Waals surface area contributed by atoms with Crippen LogP contribution in [0.15, 0.2) is 0 Å². The first-order valence-corrected chi connectivity index (χ1v) is 6.94. The topological polar surface area (TPSA) is 26.7 Å². The summed E-state index contributed by atoms with van der Waals surface area (Å²) in [6, 6.07) is 0.897. The maximum absolute atomic E-state index is 10.1. The molecular formula is C13H24N2O. The van der Waals surface area contributed by atoms with Gasteiger partial charge in [0.2, 0.25) is 0 Å². The Hall–Kier alpha value is -0.120. The van der Waals surface area contributed by atoms with Crippen LogP contribution >= 0.6 is 0 Å². The molecule has 92 valence electrons. The van der Waals surface area contributed by atoms with Gasteiger partial charge in [-0.3, -0.25) is 9.80 Å². The van der Waals surface area contributed by atoms with Gasteiger partial charge in [0.15, 0.2) is 0 Å². The number of hydrogen-bond acceptors (Lipinski definition) is 3. The van der Waals surface area contributed by atoms with Gasteiger partial charge in [-0.25, -0.2) is 0 Å². The van der Waals surface area contributed by atoms with E-state index in [0.717, 1.165) is 25.4 Å². The molecule has 0 radical (unpaired) electrons. The van der Waals surface area contributed by atoms with E-state index in [1.165, 1.54) is 51.9 Å². The largest absolute Gasteiger partial charge is 0.389 e. The van der Waals surface area contributed by atoms with Crippen LogP contribution in [-0.4, -0.2) is 59.3 Å². The summed E-state index contributed by atoms with van der Waals surface area (Å²) in [7, 11) is 0. The summed E-state index contributed by atoms with van der Waals surface area (Å²) < 4.78 is 0. The molecule has 1 heterocycles. The zero-order valence-electron chi connectivity index (χ0n) is 10.2. The van der Waals surface area contributed by atoms with E-state index in [4.69, 9.17) is 0 Å². The van der Waals surface area contributed by atoms with Crippen LogP contribution in [0.3, 0.4) is 0 Å². The summed E-state index contributed by atoms with van der Waals surface area (Å²) in [5.74, 6) is 0. The summed E-state index contributed by atoms with van der Waals surface area (Å²) in [4.78, 5) is 5.12. The number of rotatable bonds is 3. The first kappa shape index (κ1) is 11.0. The molecule has 3 nitrogen and oxygen atoms in total. The zero-order valence-corrected chi connectivity index (χ0v) is 10.2. The second-order valence-corrected chi connectivity index (χ2v) is 5.97. The molecule has 0 bridgehead atoms. The minimum atomic E-state index is -0.321. The molecule has 0 atom stereocenters. The first-order valence-electron chi connectivity index (χ1n) is 6.94. The Morgan fingerprint density at radius 2 is 1.69 bits per heavy atom. The lowest BCUT2D eigenvalue weighted by molar-refractivity contribution is -0.0689. The molecule has 1 saturated heterocycles. The predicted molar refractivity (Wildman–Crippen MR) is 64.5 cm³/mol. The zero-order chi connectivity index (χ0) is 11.0. The Morgan fingerprint density at radius 3 is 2.12 bits per heavy atom. The number of β-amino-alcohol motifs (C(OH)–C–C–N with tert-alkyl or cyclic N) is 1. The molecule has 2 aliphatic carbocycles. The van der Waals surface area contributed by atoms with Gasteiger partial charge < -0.3 is 5.11 Å². The van der Waals surface area contributed by atoms with Crippen LogP contribution in [0.1, 0.15) is 38.5 Å². The molecule has 3 fully saturated rings. The predicted octanol–water partition coefficient (Wildman–Crippen LogP) is 1.07. The van der Waals surface area contributed by atoms with Crippen molar-refractivity contribution in [1.82, 2.24) is 9.80 Å². The van der Waals surface area contributed by atoms with Crippen molar-refractivity contribution in [2.24, 2.45) is 0 Å². The number of piperazine rings is 1. The smallest absolute Gasteiger partial charge is 0.0774 e. The van der Waals surface area contributed by atoms with Crippen molar-refractivity contribution in [2.45, 2.75) is 50.2 Å². The summed E-state index contributed by atoms with van der Waals surface area (Å²) in [5, 5.41) is 10.1. The van der Waals surface area contributed by atoms with Gasteiger partial charge in [0, 0.05) is 38.8 Å². The van der Waals surface area contributed by atoms with Gasteiger partial charge in [0.05, 0.1) is 5.60 Å². The molecule has 2 saturated carbocycles. The monoisotopic (exact) mass is 224 g/mol. The van der Waals surface area contributed by atoms with E-state index in [0.29, 0.717) is 0 Å². The van der Waals surface area contributed by atoms with Gasteiger partial charge in [0.25, 0.3) is 0 Å². The molecule has 1 aliphatic heterocycles. The van der Waals surface area contributed by atoms with Crippen LogP contribution < -0.4 is 0 Å². The van der Waals surface area contributed by atoms with Crippen LogP contribution in [0.25, 0.3) is 0 Å². The molecule has 0 spiro atoms. The van der Waals surface area contributed by atoms with Gasteiger partial charge in [-0.2, -0.15) is 0 Å². The molecular weight excluding hydrogens is 200 g/mol. The molecule has 3 aliphatic rings. The molecule has 0 aromatic heterocycles. The molecule has 3 heteroatoms. The van der Waals surface area contributed by atoms with Gasteiger partial charge >= 0.3 is 0 Å². The lowest BCUT2D eigenvalue weighted by atomic mass is 9.80. The minimum Gasteiger partial charge on any atom is -0.389 e. The Kier molecular flexibility index (Phi) is 2.94. The van der Waals surface area contributed by atoms with E-state index < -0.39 is 0 Å². The standard InChI is InChI=1S/C13H24N2O/c16-13(5-2-6-13)11-14-7-9-15(10-8-14)12-3-1-4-12/h12,16H,1-11H2. The van der Waals surface area contributed by atoms with Crippen molar-refractivity contribution < 1.29 is 5.11 Å². The Labute approximate surface area is 98.4 Å². The fraction of sp³-hybridized carbons (Fsp3) is 1.00. The van der Waals surface area contributed by atoms with Crippen molar-refractivity contribution in [3.05, 3.63) is 0 Å². The second kappa shape index (κ2) is 4.28. The molecule has 1 N–H and O–H groups in total. The van der Waals surface area contributed by atoms with Crippen molar-refractivity contribution in [2.75, 3.05) is 32.7 Å². The number of nitrogens with zero attached hydrogens (tertiary/aromatic N) is 2. The fourth-order valence-corrected chi connectivity index (χ4v) is 3.20. The van der Waals surface area contributed by atoms with Crippen LogP contribution in [0, 0.1) is 0 Å². The average molecular weight is 224 g/mol. The summed E-state index contributed by atoms with van der Waals surface area (Å²) in [5.41, 5.74) is -0.321. The van der Waals surface area contributed by atoms with Gasteiger partial charge in [-0.05, 0) is 32.1 Å². The molecule has 0 amide bonds. The van der Waals surface area contributed by atoms with Gasteiger partial charge in [-0.15, -0.1) is 0 Å². The van der Waals surface area contributed by atoms with E-state index in [-0.39, 0.29) is 5.60 Å². The van der Waals surface area contributed by atoms with Crippen molar-refractivity contribution in [3.63, 3.8) is 0 Å². The van der Waals surface area contributed by atoms with E-state index in [9.17, 15) is 5.11 Å². The van der Waals surface area contributed by atoms with Crippen molar-refractivity contribution in [1.29, 1.82) is 0 Å². The molecule has 0 unspecified atom stereocenters. The fourth-order valence-electron chi connectivity index (χ4n) is 3.20. The van der Waals surface area contributed by atoms with E-state index in [2.05, 4.69) is 9.80 Å². The third-order valence-electron chi connectivity index (χ3n) is 4.80. The van der Waals surface area contributed by atoms with Crippen molar-refractivity contribution >= 4 is 0 Å². The SMILES string of the molecule is OC1(CN2CCN(C3CCC3)CC2)CCC1. The lowest BCUT2D eigenvalue weighted by Crippen LogP contribution is -2.56. The van der Waals surface area contributed by atoms with Crippen LogP contribution in [0.5, 0.6) is 0 Å². The van der Waals surface area contributed by atoms with E-state index >= 15 is 0 Å². The van der Waals surface area contributed by atoms with Crippen LogP contribution in [-0.2, 0) is 0 Å². The Bertz CT molecular complexity index is 240. The van der Waals surface area contributed by atoms with Crippen LogP contribution in [0.2, 0.25) is 0 Å². The van der Waals surface area contributed by atoms with Crippen molar-refractivity contribution in [3.8, 4) is 0 Å². The third kappa shape index (κ3) is 2.13. The van der Waals surface area contributed by atoms with Gasteiger partial charge in [-0.1, -0.05) is 6.42 Å². The number of aliphatic hydroxyl groups is 1. The molecule has 3 rings (SSSR count). The maximum Gasteiger partial charge on any atom is 0.0774 e. The highest BCUT2D eigenvalue weighted by atomic mass is 16.3. The normalized spacial score (nSPS) is 32.1. The van der Waals surface area contributed by atoms with E-state index in [1.807, 2.05) is 0 Å². The highest BCUT2D eigenvalue weighted by Crippen LogP contribution is 2.33. The average Bonchev–Trinajstić information content (AvgIpc) is 2.16. The molecule has 16 heavy (non-hydrogen) atoms. The summed E-state index contributed by atoms with van der Waals surface area (Å²) in [6.45, 7) is 5.70. The first-order chi connectivity index (χ1) is 7.75. The Balaban J connectivity index is 1.43. The second-order valence-electron chi connectivity index (χ2n) is 5.97.